The zero-order valence-corrected chi connectivity index (χ0v) is 6.90. The van der Waals surface area contributed by atoms with Crippen molar-refractivity contribution in [2.75, 3.05) is 12.3 Å². The largest absolute Gasteiger partial charge is 0.486 e. The van der Waals surface area contributed by atoms with Crippen LogP contribution in [-0.2, 0) is 4.79 Å². The molecule has 0 atom stereocenters. The fourth-order valence-electron chi connectivity index (χ4n) is 0.880. The molecule has 68 valence electrons. The number of aldehydes is 2. The predicted octanol–water partition coefficient (Wildman–Crippen LogP) is 0.659. The second-order valence-electron chi connectivity index (χ2n) is 2.39. The molecule has 2 N–H and O–H groups in total. The van der Waals surface area contributed by atoms with Crippen LogP contribution in [-0.4, -0.2) is 19.2 Å². The number of nitrogens with two attached hydrogens (primary N) is 1. The van der Waals surface area contributed by atoms with Crippen molar-refractivity contribution in [1.82, 2.24) is 0 Å². The normalized spacial score (nSPS) is 9.23. The van der Waals surface area contributed by atoms with Crippen LogP contribution in [0.25, 0.3) is 0 Å². The summed E-state index contributed by atoms with van der Waals surface area (Å²) in [6.45, 7) is -0.0140. The summed E-state index contributed by atoms with van der Waals surface area (Å²) < 4.78 is 4.97. The number of carbonyl (C=O) groups is 2. The van der Waals surface area contributed by atoms with Gasteiger partial charge < -0.3 is 10.5 Å². The third-order valence-electron chi connectivity index (χ3n) is 1.50. The van der Waals surface area contributed by atoms with Crippen LogP contribution in [0.2, 0.25) is 0 Å². The fraction of sp³-hybridized carbons (Fsp3) is 0.111. The smallest absolute Gasteiger partial charge is 0.157 e. The molecule has 0 aromatic heterocycles. The van der Waals surface area contributed by atoms with E-state index in [1.54, 1.807) is 12.1 Å². The molecule has 0 fully saturated rings. The molecule has 4 heteroatoms. The summed E-state index contributed by atoms with van der Waals surface area (Å²) in [6, 6.07) is 4.64. The molecule has 0 spiro atoms. The van der Waals surface area contributed by atoms with E-state index in [0.29, 0.717) is 29.6 Å². The lowest BCUT2D eigenvalue weighted by Gasteiger charge is -2.03. The van der Waals surface area contributed by atoms with Crippen LogP contribution in [0.3, 0.4) is 0 Å². The molecule has 0 aliphatic carbocycles. The quantitative estimate of drug-likeness (QED) is 0.544. The van der Waals surface area contributed by atoms with Gasteiger partial charge in [-0.15, -0.1) is 0 Å². The number of rotatable bonds is 4. The molecular formula is C9H9NO3. The molecule has 0 unspecified atom stereocenters. The zero-order valence-electron chi connectivity index (χ0n) is 6.90. The van der Waals surface area contributed by atoms with E-state index in [1.807, 2.05) is 0 Å². The van der Waals surface area contributed by atoms with Crippen molar-refractivity contribution in [3.63, 3.8) is 0 Å². The first-order valence-corrected chi connectivity index (χ1v) is 3.69. The maximum absolute atomic E-state index is 10.4. The van der Waals surface area contributed by atoms with E-state index in [4.69, 9.17) is 10.5 Å². The van der Waals surface area contributed by atoms with Gasteiger partial charge in [0.2, 0.25) is 0 Å². The Hall–Kier alpha value is -1.84. The Labute approximate surface area is 75.3 Å². The summed E-state index contributed by atoms with van der Waals surface area (Å²) in [7, 11) is 0. The van der Waals surface area contributed by atoms with Crippen molar-refractivity contribution < 1.29 is 14.3 Å². The maximum atomic E-state index is 10.4. The van der Waals surface area contributed by atoms with Crippen LogP contribution in [0, 0.1) is 0 Å². The average Bonchev–Trinajstić information content (AvgIpc) is 2.15. The van der Waals surface area contributed by atoms with Crippen molar-refractivity contribution in [2.45, 2.75) is 0 Å². The number of carbonyl (C=O) groups excluding carboxylic acids is 2. The lowest BCUT2D eigenvalue weighted by atomic mass is 10.2. The molecule has 13 heavy (non-hydrogen) atoms. The molecule has 0 radical (unpaired) electrons. The minimum absolute atomic E-state index is 0.0140. The summed E-state index contributed by atoms with van der Waals surface area (Å²) in [4.78, 5) is 20.3. The average molecular weight is 179 g/mol. The first-order valence-electron chi connectivity index (χ1n) is 3.69. The second-order valence-corrected chi connectivity index (χ2v) is 2.39. The Morgan fingerprint density at radius 2 is 2.15 bits per heavy atom. The highest BCUT2D eigenvalue weighted by molar-refractivity contribution is 5.83. The van der Waals surface area contributed by atoms with Gasteiger partial charge in [0.25, 0.3) is 0 Å². The standard InChI is InChI=1S/C9H9NO3/c10-9-5-8(13-4-3-11)2-1-7(9)6-12/h1-3,5-6H,4,10H2. The third kappa shape index (κ3) is 2.30. The van der Waals surface area contributed by atoms with Gasteiger partial charge in [-0.1, -0.05) is 0 Å². The Kier molecular flexibility index (Phi) is 3.03. The topological polar surface area (TPSA) is 69.4 Å². The zero-order chi connectivity index (χ0) is 9.68. The SMILES string of the molecule is Nc1cc(OCC=O)ccc1C=O. The van der Waals surface area contributed by atoms with Gasteiger partial charge in [0.15, 0.2) is 12.6 Å². The summed E-state index contributed by atoms with van der Waals surface area (Å²) in [5.41, 5.74) is 6.27. The highest BCUT2D eigenvalue weighted by Gasteiger charge is 1.99. The van der Waals surface area contributed by atoms with Gasteiger partial charge in [0.05, 0.1) is 0 Å². The molecule has 0 heterocycles. The number of benzene rings is 1. The van der Waals surface area contributed by atoms with Gasteiger partial charge in [0, 0.05) is 17.3 Å². The van der Waals surface area contributed by atoms with Gasteiger partial charge in [-0.25, -0.2) is 0 Å². The van der Waals surface area contributed by atoms with E-state index in [1.165, 1.54) is 6.07 Å². The second kappa shape index (κ2) is 4.25. The molecule has 1 rings (SSSR count). The van der Waals surface area contributed by atoms with Gasteiger partial charge in [-0.2, -0.15) is 0 Å². The minimum atomic E-state index is -0.0140. The molecule has 1 aromatic carbocycles. The van der Waals surface area contributed by atoms with E-state index in [2.05, 4.69) is 0 Å². The molecule has 4 nitrogen and oxygen atoms in total. The minimum Gasteiger partial charge on any atom is -0.486 e. The van der Waals surface area contributed by atoms with E-state index in [-0.39, 0.29) is 6.61 Å². The van der Waals surface area contributed by atoms with E-state index in [0.717, 1.165) is 0 Å². The Morgan fingerprint density at radius 3 is 2.69 bits per heavy atom. The highest BCUT2D eigenvalue weighted by atomic mass is 16.5. The van der Waals surface area contributed by atoms with Crippen LogP contribution >= 0.6 is 0 Å². The first-order chi connectivity index (χ1) is 6.27. The van der Waals surface area contributed by atoms with Crippen LogP contribution in [0.5, 0.6) is 5.75 Å². The monoisotopic (exact) mass is 179 g/mol. The Balaban J connectivity index is 2.82. The predicted molar refractivity (Wildman–Crippen MR) is 47.8 cm³/mol. The highest BCUT2D eigenvalue weighted by Crippen LogP contribution is 2.18. The number of anilines is 1. The van der Waals surface area contributed by atoms with Crippen molar-refractivity contribution in [3.05, 3.63) is 23.8 Å². The van der Waals surface area contributed by atoms with Crippen molar-refractivity contribution in [1.29, 1.82) is 0 Å². The van der Waals surface area contributed by atoms with Crippen LogP contribution in [0.4, 0.5) is 5.69 Å². The van der Waals surface area contributed by atoms with Gasteiger partial charge in [-0.3, -0.25) is 9.59 Å². The molecule has 0 saturated carbocycles. The summed E-state index contributed by atoms with van der Waals surface area (Å²) >= 11 is 0. The molecule has 1 aromatic rings. The number of ether oxygens (including phenoxy) is 1. The van der Waals surface area contributed by atoms with E-state index < -0.39 is 0 Å². The van der Waals surface area contributed by atoms with Gasteiger partial charge >= 0.3 is 0 Å². The van der Waals surface area contributed by atoms with Crippen molar-refractivity contribution in [3.8, 4) is 5.75 Å². The molecule has 0 aliphatic heterocycles. The number of hydrogen-bond acceptors (Lipinski definition) is 4. The summed E-state index contributed by atoms with van der Waals surface area (Å²) in [5.74, 6) is 0.482. The van der Waals surface area contributed by atoms with Crippen molar-refractivity contribution >= 4 is 18.3 Å². The molecule has 0 bridgehead atoms. The third-order valence-corrected chi connectivity index (χ3v) is 1.50. The number of hydrogen-bond donors (Lipinski definition) is 1. The summed E-state index contributed by atoms with van der Waals surface area (Å²) in [5, 5.41) is 0. The Morgan fingerprint density at radius 1 is 1.38 bits per heavy atom. The van der Waals surface area contributed by atoms with Crippen LogP contribution < -0.4 is 10.5 Å². The molecular weight excluding hydrogens is 170 g/mol. The number of nitrogen functional groups attached to an aromatic ring is 1. The van der Waals surface area contributed by atoms with Crippen LogP contribution in [0.1, 0.15) is 10.4 Å². The van der Waals surface area contributed by atoms with Crippen molar-refractivity contribution in [2.24, 2.45) is 0 Å². The maximum Gasteiger partial charge on any atom is 0.157 e. The van der Waals surface area contributed by atoms with E-state index in [9.17, 15) is 9.59 Å². The first kappa shape index (κ1) is 9.25. The lowest BCUT2D eigenvalue weighted by Crippen LogP contribution is -1.99. The van der Waals surface area contributed by atoms with Gasteiger partial charge in [-0.05, 0) is 12.1 Å². The van der Waals surface area contributed by atoms with Gasteiger partial charge in [0.1, 0.15) is 12.4 Å². The Bertz CT molecular complexity index is 323. The van der Waals surface area contributed by atoms with Crippen LogP contribution in [0.15, 0.2) is 18.2 Å². The lowest BCUT2D eigenvalue weighted by molar-refractivity contribution is -0.109. The molecule has 0 aliphatic rings. The van der Waals surface area contributed by atoms with E-state index >= 15 is 0 Å². The fourth-order valence-corrected chi connectivity index (χ4v) is 0.880. The molecule has 0 amide bonds. The molecule has 0 saturated heterocycles. The summed E-state index contributed by atoms with van der Waals surface area (Å²) in [6.07, 6.45) is 1.31.